The summed E-state index contributed by atoms with van der Waals surface area (Å²) in [5, 5.41) is 6.87. The molecule has 0 spiro atoms. The highest BCUT2D eigenvalue weighted by atomic mass is 16.5. The van der Waals surface area contributed by atoms with E-state index in [1.807, 2.05) is 19.1 Å². The van der Waals surface area contributed by atoms with Crippen molar-refractivity contribution in [1.29, 1.82) is 0 Å². The Labute approximate surface area is 119 Å². The Morgan fingerprint density at radius 2 is 2.15 bits per heavy atom. The first-order valence-corrected chi connectivity index (χ1v) is 7.06. The van der Waals surface area contributed by atoms with Gasteiger partial charge in [0.1, 0.15) is 0 Å². The van der Waals surface area contributed by atoms with Gasteiger partial charge in [-0.1, -0.05) is 6.07 Å². The predicted octanol–water partition coefficient (Wildman–Crippen LogP) is 1.66. The number of anilines is 1. The second-order valence-corrected chi connectivity index (χ2v) is 5.18. The molecule has 1 atom stereocenters. The third-order valence-electron chi connectivity index (χ3n) is 3.83. The molecule has 1 aromatic carbocycles. The van der Waals surface area contributed by atoms with Crippen LogP contribution >= 0.6 is 0 Å². The molecule has 1 aliphatic heterocycles. The molecule has 110 valence electrons. The van der Waals surface area contributed by atoms with Gasteiger partial charge in [-0.05, 0) is 45.0 Å². The van der Waals surface area contributed by atoms with Gasteiger partial charge in [0, 0.05) is 30.0 Å². The molecule has 5 nitrogen and oxygen atoms in total. The van der Waals surface area contributed by atoms with Crippen LogP contribution in [0.25, 0.3) is 0 Å². The summed E-state index contributed by atoms with van der Waals surface area (Å²) in [4.78, 5) is 11.6. The maximum absolute atomic E-state index is 11.6. The fourth-order valence-corrected chi connectivity index (χ4v) is 2.65. The van der Waals surface area contributed by atoms with E-state index in [-0.39, 0.29) is 6.10 Å². The Morgan fingerprint density at radius 3 is 2.75 bits per heavy atom. The summed E-state index contributed by atoms with van der Waals surface area (Å²) < 4.78 is 5.40. The molecule has 1 amide bonds. The molecule has 20 heavy (non-hydrogen) atoms. The summed E-state index contributed by atoms with van der Waals surface area (Å²) >= 11 is 0. The number of piperidine rings is 1. The Balaban J connectivity index is 2.30. The number of hydrogen-bond donors (Lipinski definition) is 3. The fourth-order valence-electron chi connectivity index (χ4n) is 2.65. The second kappa shape index (κ2) is 6.72. The standard InChI is InChI=1S/C15H23N3O2/c1-10(20-2)14-12(15(16)19)4-3-5-13(14)18-11-6-8-17-9-7-11/h3-5,10-11,17-18H,6-9H2,1-2H3,(H2,16,19). The fraction of sp³-hybridized carbons (Fsp3) is 0.533. The number of carbonyl (C=O) groups is 1. The molecule has 0 radical (unpaired) electrons. The smallest absolute Gasteiger partial charge is 0.249 e. The number of ether oxygens (including phenoxy) is 1. The first-order chi connectivity index (χ1) is 9.63. The second-order valence-electron chi connectivity index (χ2n) is 5.18. The van der Waals surface area contributed by atoms with Gasteiger partial charge in [0.25, 0.3) is 0 Å². The van der Waals surface area contributed by atoms with Crippen LogP contribution in [-0.2, 0) is 4.74 Å². The quantitative estimate of drug-likeness (QED) is 0.765. The molecule has 0 aliphatic carbocycles. The number of methoxy groups -OCH3 is 1. The average Bonchev–Trinajstić information content (AvgIpc) is 2.47. The van der Waals surface area contributed by atoms with E-state index in [1.165, 1.54) is 0 Å². The van der Waals surface area contributed by atoms with Crippen molar-refractivity contribution < 1.29 is 9.53 Å². The van der Waals surface area contributed by atoms with E-state index in [1.54, 1.807) is 13.2 Å². The number of primary amides is 1. The van der Waals surface area contributed by atoms with E-state index in [2.05, 4.69) is 10.6 Å². The molecule has 5 heteroatoms. The number of nitrogens with two attached hydrogens (primary N) is 1. The maximum atomic E-state index is 11.6. The van der Waals surface area contributed by atoms with E-state index in [0.717, 1.165) is 37.2 Å². The minimum atomic E-state index is -0.419. The van der Waals surface area contributed by atoms with Crippen LogP contribution in [0.1, 0.15) is 41.8 Å². The topological polar surface area (TPSA) is 76.4 Å². The highest BCUT2D eigenvalue weighted by molar-refractivity contribution is 5.96. The number of nitrogens with one attached hydrogen (secondary N) is 2. The zero-order chi connectivity index (χ0) is 14.5. The molecule has 0 aromatic heterocycles. The minimum Gasteiger partial charge on any atom is -0.382 e. The molecular weight excluding hydrogens is 254 g/mol. The number of hydrogen-bond acceptors (Lipinski definition) is 4. The van der Waals surface area contributed by atoms with Crippen molar-refractivity contribution in [3.05, 3.63) is 29.3 Å². The third kappa shape index (κ3) is 3.29. The SMILES string of the molecule is COC(C)c1c(NC2CCNCC2)cccc1C(N)=O. The van der Waals surface area contributed by atoms with Gasteiger partial charge in [-0.25, -0.2) is 0 Å². The largest absolute Gasteiger partial charge is 0.382 e. The molecular formula is C15H23N3O2. The van der Waals surface area contributed by atoms with Gasteiger partial charge in [0.05, 0.1) is 6.10 Å². The number of benzene rings is 1. The first-order valence-electron chi connectivity index (χ1n) is 7.06. The molecule has 1 fully saturated rings. The van der Waals surface area contributed by atoms with Gasteiger partial charge in [-0.15, -0.1) is 0 Å². The highest BCUT2D eigenvalue weighted by Crippen LogP contribution is 2.30. The Kier molecular flexibility index (Phi) is 4.98. The zero-order valence-corrected chi connectivity index (χ0v) is 12.1. The molecule has 2 rings (SSSR count). The van der Waals surface area contributed by atoms with E-state index in [9.17, 15) is 4.79 Å². The zero-order valence-electron chi connectivity index (χ0n) is 12.1. The Hall–Kier alpha value is -1.59. The van der Waals surface area contributed by atoms with E-state index in [0.29, 0.717) is 11.6 Å². The van der Waals surface area contributed by atoms with Crippen molar-refractivity contribution >= 4 is 11.6 Å². The van der Waals surface area contributed by atoms with Crippen molar-refractivity contribution in [3.63, 3.8) is 0 Å². The normalized spacial score (nSPS) is 17.7. The van der Waals surface area contributed by atoms with Crippen molar-refractivity contribution in [2.24, 2.45) is 5.73 Å². The highest BCUT2D eigenvalue weighted by Gasteiger charge is 2.20. The molecule has 1 aliphatic rings. The summed E-state index contributed by atoms with van der Waals surface area (Å²) in [6.07, 6.45) is 1.96. The van der Waals surface area contributed by atoms with E-state index in [4.69, 9.17) is 10.5 Å². The summed E-state index contributed by atoms with van der Waals surface area (Å²) in [5.74, 6) is -0.419. The lowest BCUT2D eigenvalue weighted by Gasteiger charge is -2.27. The summed E-state index contributed by atoms with van der Waals surface area (Å²) in [5.41, 5.74) is 7.80. The van der Waals surface area contributed by atoms with Crippen LogP contribution in [0.4, 0.5) is 5.69 Å². The predicted molar refractivity (Wildman–Crippen MR) is 79.9 cm³/mol. The summed E-state index contributed by atoms with van der Waals surface area (Å²) in [6.45, 7) is 3.96. The van der Waals surface area contributed by atoms with Gasteiger partial charge in [-0.2, -0.15) is 0 Å². The third-order valence-corrected chi connectivity index (χ3v) is 3.83. The van der Waals surface area contributed by atoms with Crippen LogP contribution in [0.5, 0.6) is 0 Å². The van der Waals surface area contributed by atoms with Crippen LogP contribution in [0, 0.1) is 0 Å². The summed E-state index contributed by atoms with van der Waals surface area (Å²) in [6, 6.07) is 6.01. The lowest BCUT2D eigenvalue weighted by atomic mass is 9.98. The number of carbonyl (C=O) groups excluding carboxylic acids is 1. The van der Waals surface area contributed by atoms with Crippen LogP contribution in [-0.4, -0.2) is 32.1 Å². The molecule has 1 unspecified atom stereocenters. The van der Waals surface area contributed by atoms with Gasteiger partial charge in [0.2, 0.25) is 5.91 Å². The number of rotatable bonds is 5. The number of amides is 1. The lowest BCUT2D eigenvalue weighted by Crippen LogP contribution is -2.35. The van der Waals surface area contributed by atoms with Crippen molar-refractivity contribution in [2.75, 3.05) is 25.5 Å². The molecule has 1 heterocycles. The van der Waals surface area contributed by atoms with Crippen molar-refractivity contribution in [1.82, 2.24) is 5.32 Å². The molecule has 1 saturated heterocycles. The lowest BCUT2D eigenvalue weighted by molar-refractivity contribution is 0.0978. The molecule has 0 bridgehead atoms. The Morgan fingerprint density at radius 1 is 1.45 bits per heavy atom. The average molecular weight is 277 g/mol. The first kappa shape index (κ1) is 14.8. The van der Waals surface area contributed by atoms with Gasteiger partial charge in [0.15, 0.2) is 0 Å². The van der Waals surface area contributed by atoms with Crippen molar-refractivity contribution in [3.8, 4) is 0 Å². The maximum Gasteiger partial charge on any atom is 0.249 e. The molecule has 1 aromatic rings. The molecule has 0 saturated carbocycles. The molecule has 4 N–H and O–H groups in total. The van der Waals surface area contributed by atoms with Crippen LogP contribution in [0.3, 0.4) is 0 Å². The Bertz CT molecular complexity index is 470. The van der Waals surface area contributed by atoms with E-state index < -0.39 is 5.91 Å². The van der Waals surface area contributed by atoms with Gasteiger partial charge >= 0.3 is 0 Å². The van der Waals surface area contributed by atoms with Crippen molar-refractivity contribution in [2.45, 2.75) is 31.9 Å². The summed E-state index contributed by atoms with van der Waals surface area (Å²) in [7, 11) is 1.64. The monoisotopic (exact) mass is 277 g/mol. The van der Waals surface area contributed by atoms with Crippen LogP contribution in [0.2, 0.25) is 0 Å². The van der Waals surface area contributed by atoms with Crippen LogP contribution in [0.15, 0.2) is 18.2 Å². The van der Waals surface area contributed by atoms with E-state index >= 15 is 0 Å². The van der Waals surface area contributed by atoms with Gasteiger partial charge in [-0.3, -0.25) is 4.79 Å². The van der Waals surface area contributed by atoms with Crippen LogP contribution < -0.4 is 16.4 Å². The minimum absolute atomic E-state index is 0.178. The van der Waals surface area contributed by atoms with Gasteiger partial charge < -0.3 is 21.1 Å².